The third kappa shape index (κ3) is 3.05. The third-order valence-electron chi connectivity index (χ3n) is 2.34. The van der Waals surface area contributed by atoms with E-state index in [-0.39, 0.29) is 11.9 Å². The number of carboxylic acids is 1. The van der Waals surface area contributed by atoms with E-state index in [4.69, 9.17) is 5.11 Å². The molecule has 0 saturated carbocycles. The van der Waals surface area contributed by atoms with Crippen molar-refractivity contribution in [2.45, 2.75) is 33.2 Å². The van der Waals surface area contributed by atoms with Crippen molar-refractivity contribution in [1.29, 1.82) is 0 Å². The number of nitrogens with zero attached hydrogens (tertiary/aromatic N) is 1. The Hall–Kier alpha value is -1.06. The molecule has 0 fully saturated rings. The Morgan fingerprint density at radius 1 is 1.38 bits per heavy atom. The van der Waals surface area contributed by atoms with Crippen LogP contribution in [0.15, 0.2) is 0 Å². The zero-order chi connectivity index (χ0) is 10.6. The SMILES string of the molecule is CCC(C)N(C)C(=O)C(C)C(=O)O. The predicted molar refractivity (Wildman–Crippen MR) is 49.3 cm³/mol. The van der Waals surface area contributed by atoms with Crippen molar-refractivity contribution in [1.82, 2.24) is 4.90 Å². The summed E-state index contributed by atoms with van der Waals surface area (Å²) in [7, 11) is 1.63. The van der Waals surface area contributed by atoms with E-state index in [0.717, 1.165) is 6.42 Å². The molecule has 0 spiro atoms. The number of carbonyl (C=O) groups excluding carboxylic acids is 1. The highest BCUT2D eigenvalue weighted by molar-refractivity contribution is 5.96. The molecule has 0 aromatic heterocycles. The van der Waals surface area contributed by atoms with Crippen LogP contribution >= 0.6 is 0 Å². The highest BCUT2D eigenvalue weighted by Crippen LogP contribution is 2.07. The van der Waals surface area contributed by atoms with Crippen LogP contribution in [0.1, 0.15) is 27.2 Å². The van der Waals surface area contributed by atoms with Crippen LogP contribution in [-0.2, 0) is 9.59 Å². The number of hydrogen-bond acceptors (Lipinski definition) is 2. The quantitative estimate of drug-likeness (QED) is 0.667. The van der Waals surface area contributed by atoms with Crippen LogP contribution in [0.3, 0.4) is 0 Å². The minimum absolute atomic E-state index is 0.0919. The Kier molecular flexibility index (Phi) is 4.45. The van der Waals surface area contributed by atoms with Gasteiger partial charge in [-0.2, -0.15) is 0 Å². The lowest BCUT2D eigenvalue weighted by atomic mass is 10.1. The van der Waals surface area contributed by atoms with Gasteiger partial charge in [-0.3, -0.25) is 9.59 Å². The molecule has 76 valence electrons. The number of carbonyl (C=O) groups is 2. The van der Waals surface area contributed by atoms with Crippen molar-refractivity contribution < 1.29 is 14.7 Å². The summed E-state index contributed by atoms with van der Waals surface area (Å²) in [6.07, 6.45) is 0.828. The van der Waals surface area contributed by atoms with Crippen LogP contribution < -0.4 is 0 Å². The van der Waals surface area contributed by atoms with Crippen LogP contribution in [0.2, 0.25) is 0 Å². The van der Waals surface area contributed by atoms with Crippen molar-refractivity contribution in [2.24, 2.45) is 5.92 Å². The van der Waals surface area contributed by atoms with E-state index >= 15 is 0 Å². The average molecular weight is 187 g/mol. The first-order valence-corrected chi connectivity index (χ1v) is 4.41. The Morgan fingerprint density at radius 2 is 1.85 bits per heavy atom. The Labute approximate surface area is 78.5 Å². The Bertz CT molecular complexity index is 203. The molecular formula is C9H17NO3. The second-order valence-electron chi connectivity index (χ2n) is 3.27. The topological polar surface area (TPSA) is 57.6 Å². The maximum atomic E-state index is 11.4. The molecule has 0 rings (SSSR count). The first kappa shape index (κ1) is 11.9. The van der Waals surface area contributed by atoms with Gasteiger partial charge >= 0.3 is 5.97 Å². The molecule has 2 unspecified atom stereocenters. The van der Waals surface area contributed by atoms with Crippen molar-refractivity contribution in [3.8, 4) is 0 Å². The fraction of sp³-hybridized carbons (Fsp3) is 0.778. The van der Waals surface area contributed by atoms with Crippen molar-refractivity contribution >= 4 is 11.9 Å². The Morgan fingerprint density at radius 3 is 2.15 bits per heavy atom. The van der Waals surface area contributed by atoms with E-state index < -0.39 is 11.9 Å². The van der Waals surface area contributed by atoms with E-state index in [9.17, 15) is 9.59 Å². The molecule has 0 aliphatic heterocycles. The smallest absolute Gasteiger partial charge is 0.315 e. The maximum absolute atomic E-state index is 11.4. The van der Waals surface area contributed by atoms with Gasteiger partial charge in [-0.05, 0) is 20.3 Å². The molecule has 2 atom stereocenters. The van der Waals surface area contributed by atoms with Gasteiger partial charge in [0.2, 0.25) is 5.91 Å². The van der Waals surface area contributed by atoms with Gasteiger partial charge in [0.05, 0.1) is 0 Å². The number of carboxylic acid groups (broad SMARTS) is 1. The molecule has 0 aromatic rings. The van der Waals surface area contributed by atoms with Crippen LogP contribution in [0.4, 0.5) is 0 Å². The highest BCUT2D eigenvalue weighted by atomic mass is 16.4. The van der Waals surface area contributed by atoms with Gasteiger partial charge in [0, 0.05) is 13.1 Å². The first-order valence-electron chi connectivity index (χ1n) is 4.41. The fourth-order valence-electron chi connectivity index (χ4n) is 0.902. The third-order valence-corrected chi connectivity index (χ3v) is 2.34. The van der Waals surface area contributed by atoms with Crippen LogP contribution in [0.25, 0.3) is 0 Å². The van der Waals surface area contributed by atoms with Gasteiger partial charge in [0.1, 0.15) is 5.92 Å². The summed E-state index contributed by atoms with van der Waals surface area (Å²) in [6, 6.07) is 0.0919. The molecule has 0 heterocycles. The van der Waals surface area contributed by atoms with Gasteiger partial charge in [0.15, 0.2) is 0 Å². The predicted octanol–water partition coefficient (Wildman–Crippen LogP) is 0.964. The van der Waals surface area contributed by atoms with Gasteiger partial charge in [0.25, 0.3) is 0 Å². The van der Waals surface area contributed by atoms with E-state index in [1.165, 1.54) is 11.8 Å². The molecule has 1 N–H and O–H groups in total. The zero-order valence-corrected chi connectivity index (χ0v) is 8.57. The molecule has 0 aliphatic rings. The van der Waals surface area contributed by atoms with Crippen molar-refractivity contribution in [2.75, 3.05) is 7.05 Å². The van der Waals surface area contributed by atoms with Crippen LogP contribution in [0.5, 0.6) is 0 Å². The van der Waals surface area contributed by atoms with E-state index in [2.05, 4.69) is 0 Å². The van der Waals surface area contributed by atoms with Crippen molar-refractivity contribution in [3.63, 3.8) is 0 Å². The molecule has 4 nitrogen and oxygen atoms in total. The minimum atomic E-state index is -1.07. The number of aliphatic carboxylic acids is 1. The second kappa shape index (κ2) is 4.84. The summed E-state index contributed by atoms with van der Waals surface area (Å²) in [4.78, 5) is 23.4. The summed E-state index contributed by atoms with van der Waals surface area (Å²) in [5.41, 5.74) is 0. The standard InChI is InChI=1S/C9H17NO3/c1-5-6(2)10(4)8(11)7(3)9(12)13/h6-7H,5H2,1-4H3,(H,12,13). The van der Waals surface area contributed by atoms with Crippen LogP contribution in [0, 0.1) is 5.92 Å². The molecular weight excluding hydrogens is 170 g/mol. The van der Waals surface area contributed by atoms with Crippen LogP contribution in [-0.4, -0.2) is 35.0 Å². The lowest BCUT2D eigenvalue weighted by Crippen LogP contribution is -2.40. The number of amides is 1. The highest BCUT2D eigenvalue weighted by Gasteiger charge is 2.25. The molecule has 0 bridgehead atoms. The number of rotatable bonds is 4. The van der Waals surface area contributed by atoms with Gasteiger partial charge in [-0.25, -0.2) is 0 Å². The second-order valence-corrected chi connectivity index (χ2v) is 3.27. The monoisotopic (exact) mass is 187 g/mol. The van der Waals surface area contributed by atoms with E-state index in [1.807, 2.05) is 13.8 Å². The summed E-state index contributed by atoms with van der Waals surface area (Å²) < 4.78 is 0. The summed E-state index contributed by atoms with van der Waals surface area (Å²) in [5.74, 6) is -2.35. The zero-order valence-electron chi connectivity index (χ0n) is 8.57. The minimum Gasteiger partial charge on any atom is -0.481 e. The summed E-state index contributed by atoms with van der Waals surface area (Å²) >= 11 is 0. The molecule has 0 aromatic carbocycles. The molecule has 13 heavy (non-hydrogen) atoms. The number of hydrogen-bond donors (Lipinski definition) is 1. The summed E-state index contributed by atoms with van der Waals surface area (Å²) in [6.45, 7) is 5.26. The molecule has 0 saturated heterocycles. The van der Waals surface area contributed by atoms with Crippen molar-refractivity contribution in [3.05, 3.63) is 0 Å². The normalized spacial score (nSPS) is 14.8. The maximum Gasteiger partial charge on any atom is 0.315 e. The molecule has 0 aliphatic carbocycles. The van der Waals surface area contributed by atoms with Gasteiger partial charge in [-0.15, -0.1) is 0 Å². The lowest BCUT2D eigenvalue weighted by Gasteiger charge is -2.25. The fourth-order valence-corrected chi connectivity index (χ4v) is 0.902. The first-order chi connectivity index (χ1) is 5.91. The van der Waals surface area contributed by atoms with E-state index in [1.54, 1.807) is 7.05 Å². The largest absolute Gasteiger partial charge is 0.481 e. The molecule has 1 amide bonds. The molecule has 4 heteroatoms. The summed E-state index contributed by atoms with van der Waals surface area (Å²) in [5, 5.41) is 8.61. The van der Waals surface area contributed by atoms with Gasteiger partial charge in [-0.1, -0.05) is 6.92 Å². The Balaban J connectivity index is 4.33. The lowest BCUT2D eigenvalue weighted by molar-refractivity contribution is -0.150. The van der Waals surface area contributed by atoms with Gasteiger partial charge < -0.3 is 10.0 Å². The van der Waals surface area contributed by atoms with E-state index in [0.29, 0.717) is 0 Å². The average Bonchev–Trinajstić information content (AvgIpc) is 2.12. The molecule has 0 radical (unpaired) electrons.